The zero-order valence-electron chi connectivity index (χ0n) is 9.94. The zero-order valence-corrected chi connectivity index (χ0v) is 10.8. The molecule has 1 rings (SSSR count). The van der Waals surface area contributed by atoms with Gasteiger partial charge in [0, 0.05) is 13.5 Å². The van der Waals surface area contributed by atoms with E-state index in [2.05, 4.69) is 5.32 Å². The minimum atomic E-state index is -3.58. The minimum absolute atomic E-state index is 0.0979. The Labute approximate surface area is 105 Å². The van der Waals surface area contributed by atoms with Gasteiger partial charge in [-0.05, 0) is 24.6 Å². The third kappa shape index (κ3) is 3.69. The largest absolute Gasteiger partial charge is 0.396 e. The second-order valence-corrected chi connectivity index (χ2v) is 5.89. The lowest BCUT2D eigenvalue weighted by Crippen LogP contribution is -2.18. The number of hydrogen-bond acceptors (Lipinski definition) is 4. The molecule has 0 aliphatic rings. The lowest BCUT2D eigenvalue weighted by Gasteiger charge is -2.05. The van der Waals surface area contributed by atoms with Gasteiger partial charge in [0.15, 0.2) is 9.84 Å². The van der Waals surface area contributed by atoms with Gasteiger partial charge >= 0.3 is 0 Å². The van der Waals surface area contributed by atoms with E-state index in [4.69, 9.17) is 5.73 Å². The van der Waals surface area contributed by atoms with Gasteiger partial charge in [-0.2, -0.15) is 0 Å². The van der Waals surface area contributed by atoms with Crippen LogP contribution in [0.5, 0.6) is 0 Å². The predicted octanol–water partition coefficient (Wildman–Crippen LogP) is 0.708. The molecule has 0 aliphatic heterocycles. The van der Waals surface area contributed by atoms with Gasteiger partial charge in [-0.15, -0.1) is 0 Å². The molecular weight excluding hydrogens is 259 g/mol. The van der Waals surface area contributed by atoms with Crippen molar-refractivity contribution in [3.8, 4) is 0 Å². The van der Waals surface area contributed by atoms with Crippen LogP contribution in [-0.4, -0.2) is 27.1 Å². The summed E-state index contributed by atoms with van der Waals surface area (Å²) in [5.74, 6) is -1.19. The Hall–Kier alpha value is -1.63. The number of rotatable bonds is 5. The summed E-state index contributed by atoms with van der Waals surface area (Å²) in [5, 5.41) is 2.40. The van der Waals surface area contributed by atoms with Crippen molar-refractivity contribution in [2.24, 2.45) is 0 Å². The van der Waals surface area contributed by atoms with Gasteiger partial charge in [-0.25, -0.2) is 12.8 Å². The fourth-order valence-electron chi connectivity index (χ4n) is 1.37. The number of carbonyl (C=O) groups excluding carboxylic acids is 1. The molecule has 5 nitrogen and oxygen atoms in total. The van der Waals surface area contributed by atoms with Gasteiger partial charge in [0.25, 0.3) is 0 Å². The molecule has 0 fully saturated rings. The predicted molar refractivity (Wildman–Crippen MR) is 66.2 cm³/mol. The Morgan fingerprint density at radius 3 is 2.67 bits per heavy atom. The van der Waals surface area contributed by atoms with Crippen molar-refractivity contribution in [1.82, 2.24) is 5.32 Å². The van der Waals surface area contributed by atoms with Crippen LogP contribution in [0.1, 0.15) is 12.8 Å². The first-order valence-electron chi connectivity index (χ1n) is 5.35. The molecule has 0 spiro atoms. The van der Waals surface area contributed by atoms with Crippen molar-refractivity contribution < 1.29 is 17.6 Å². The van der Waals surface area contributed by atoms with Crippen molar-refractivity contribution in [1.29, 1.82) is 0 Å². The van der Waals surface area contributed by atoms with Gasteiger partial charge in [-0.3, -0.25) is 4.79 Å². The number of carbonyl (C=O) groups is 1. The summed E-state index contributed by atoms with van der Waals surface area (Å²) in [7, 11) is -2.10. The summed E-state index contributed by atoms with van der Waals surface area (Å²) in [6.45, 7) is 0. The molecule has 0 aromatic heterocycles. The number of hydrogen-bond donors (Lipinski definition) is 2. The maximum absolute atomic E-state index is 13.2. The van der Waals surface area contributed by atoms with Crippen molar-refractivity contribution in [2.75, 3.05) is 18.5 Å². The monoisotopic (exact) mass is 274 g/mol. The molecule has 7 heteroatoms. The molecular formula is C11H15FN2O3S. The first kappa shape index (κ1) is 14.4. The highest BCUT2D eigenvalue weighted by molar-refractivity contribution is 7.91. The second kappa shape index (κ2) is 5.81. The number of nitrogens with one attached hydrogen (secondary N) is 1. The molecule has 0 saturated carbocycles. The van der Waals surface area contributed by atoms with E-state index in [1.807, 2.05) is 0 Å². The van der Waals surface area contributed by atoms with Crippen LogP contribution in [-0.2, 0) is 14.6 Å². The standard InChI is InChI=1S/C11H15FN2O3S/c1-14-11(15)3-2-6-18(16,17)8-4-5-10(13)9(12)7-8/h4-5,7H,2-3,6,13H2,1H3,(H,14,15). The van der Waals surface area contributed by atoms with E-state index in [1.54, 1.807) is 0 Å². The molecule has 18 heavy (non-hydrogen) atoms. The normalized spacial score (nSPS) is 11.2. The SMILES string of the molecule is CNC(=O)CCCS(=O)(=O)c1ccc(N)c(F)c1. The molecule has 0 unspecified atom stereocenters. The van der Waals surface area contributed by atoms with E-state index < -0.39 is 15.7 Å². The summed E-state index contributed by atoms with van der Waals surface area (Å²) in [5.41, 5.74) is 5.17. The maximum atomic E-state index is 13.2. The quantitative estimate of drug-likeness (QED) is 0.774. The molecule has 0 aliphatic carbocycles. The van der Waals surface area contributed by atoms with Crippen LogP contribution < -0.4 is 11.1 Å². The second-order valence-electron chi connectivity index (χ2n) is 3.78. The summed E-state index contributed by atoms with van der Waals surface area (Å²) in [6, 6.07) is 3.36. The minimum Gasteiger partial charge on any atom is -0.396 e. The van der Waals surface area contributed by atoms with Gasteiger partial charge in [0.05, 0.1) is 16.3 Å². The highest BCUT2D eigenvalue weighted by Crippen LogP contribution is 2.18. The Balaban J connectivity index is 2.74. The van der Waals surface area contributed by atoms with Crippen molar-refractivity contribution in [3.05, 3.63) is 24.0 Å². The molecule has 0 saturated heterocycles. The van der Waals surface area contributed by atoms with Crippen molar-refractivity contribution in [3.63, 3.8) is 0 Å². The maximum Gasteiger partial charge on any atom is 0.219 e. The summed E-state index contributed by atoms with van der Waals surface area (Å²) in [4.78, 5) is 10.8. The van der Waals surface area contributed by atoms with Crippen LogP contribution in [0.15, 0.2) is 23.1 Å². The average molecular weight is 274 g/mol. The number of halogens is 1. The molecule has 3 N–H and O–H groups in total. The van der Waals surface area contributed by atoms with E-state index in [-0.39, 0.29) is 35.1 Å². The highest BCUT2D eigenvalue weighted by Gasteiger charge is 2.16. The molecule has 0 bridgehead atoms. The van der Waals surface area contributed by atoms with Crippen LogP contribution in [0.2, 0.25) is 0 Å². The Kier molecular flexibility index (Phi) is 4.66. The van der Waals surface area contributed by atoms with Gasteiger partial charge in [-0.1, -0.05) is 0 Å². The molecule has 0 atom stereocenters. The zero-order chi connectivity index (χ0) is 13.8. The number of nitrogens with two attached hydrogens (primary N) is 1. The summed E-state index contributed by atoms with van der Waals surface area (Å²) >= 11 is 0. The molecule has 1 amide bonds. The number of sulfone groups is 1. The lowest BCUT2D eigenvalue weighted by atomic mass is 10.3. The van der Waals surface area contributed by atoms with Crippen LogP contribution in [0.4, 0.5) is 10.1 Å². The van der Waals surface area contributed by atoms with E-state index in [9.17, 15) is 17.6 Å². The summed E-state index contributed by atoms with van der Waals surface area (Å²) in [6.07, 6.45) is 0.307. The van der Waals surface area contributed by atoms with E-state index in [0.29, 0.717) is 0 Å². The first-order valence-corrected chi connectivity index (χ1v) is 7.00. The van der Waals surface area contributed by atoms with Crippen LogP contribution in [0.3, 0.4) is 0 Å². The van der Waals surface area contributed by atoms with Gasteiger partial charge in [0.2, 0.25) is 5.91 Å². The van der Waals surface area contributed by atoms with Crippen LogP contribution in [0, 0.1) is 5.82 Å². The number of benzene rings is 1. The first-order chi connectivity index (χ1) is 8.36. The number of anilines is 1. The molecule has 0 heterocycles. The Morgan fingerprint density at radius 1 is 1.44 bits per heavy atom. The number of nitrogen functional groups attached to an aromatic ring is 1. The fraction of sp³-hybridized carbons (Fsp3) is 0.364. The van der Waals surface area contributed by atoms with Crippen LogP contribution >= 0.6 is 0 Å². The fourth-order valence-corrected chi connectivity index (χ4v) is 2.69. The van der Waals surface area contributed by atoms with Gasteiger partial charge in [0.1, 0.15) is 5.82 Å². The molecule has 100 valence electrons. The third-order valence-corrected chi connectivity index (χ3v) is 4.23. The topological polar surface area (TPSA) is 89.3 Å². The Bertz CT molecular complexity index is 543. The molecule has 1 aromatic rings. The van der Waals surface area contributed by atoms with Crippen molar-refractivity contribution >= 4 is 21.4 Å². The summed E-state index contributed by atoms with van der Waals surface area (Å²) < 4.78 is 36.8. The van der Waals surface area contributed by atoms with E-state index in [1.165, 1.54) is 19.2 Å². The smallest absolute Gasteiger partial charge is 0.219 e. The van der Waals surface area contributed by atoms with Gasteiger partial charge < -0.3 is 11.1 Å². The number of amides is 1. The van der Waals surface area contributed by atoms with E-state index >= 15 is 0 Å². The van der Waals surface area contributed by atoms with E-state index in [0.717, 1.165) is 6.07 Å². The van der Waals surface area contributed by atoms with Crippen molar-refractivity contribution in [2.45, 2.75) is 17.7 Å². The lowest BCUT2D eigenvalue weighted by molar-refractivity contribution is -0.120. The highest BCUT2D eigenvalue weighted by atomic mass is 32.2. The van der Waals surface area contributed by atoms with Crippen LogP contribution in [0.25, 0.3) is 0 Å². The third-order valence-electron chi connectivity index (χ3n) is 2.43. The molecule has 0 radical (unpaired) electrons. The molecule has 1 aromatic carbocycles. The average Bonchev–Trinajstić information content (AvgIpc) is 2.32. The Morgan fingerprint density at radius 2 is 2.11 bits per heavy atom.